The highest BCUT2D eigenvalue weighted by Gasteiger charge is 2.32. The van der Waals surface area contributed by atoms with Crippen molar-refractivity contribution in [2.45, 2.75) is 57.2 Å². The smallest absolute Gasteiger partial charge is 0.104 e. The van der Waals surface area contributed by atoms with Gasteiger partial charge in [-0.25, -0.2) is 0 Å². The van der Waals surface area contributed by atoms with Crippen LogP contribution in [0.1, 0.15) is 39.5 Å². The molecule has 1 saturated carbocycles. The van der Waals surface area contributed by atoms with Gasteiger partial charge in [-0.2, -0.15) is 5.26 Å². The van der Waals surface area contributed by atoms with E-state index in [-0.39, 0.29) is 5.54 Å². The van der Waals surface area contributed by atoms with Crippen molar-refractivity contribution in [3.05, 3.63) is 0 Å². The third-order valence-corrected chi connectivity index (χ3v) is 3.69. The summed E-state index contributed by atoms with van der Waals surface area (Å²) >= 11 is 0. The fourth-order valence-corrected chi connectivity index (χ4v) is 2.11. The van der Waals surface area contributed by atoms with Crippen molar-refractivity contribution in [3.63, 3.8) is 0 Å². The topological polar surface area (TPSA) is 48.3 Å². The van der Waals surface area contributed by atoms with Crippen LogP contribution in [0.3, 0.4) is 0 Å². The number of hydrogen-bond donors (Lipinski definition) is 1. The lowest BCUT2D eigenvalue weighted by Gasteiger charge is -2.27. The van der Waals surface area contributed by atoms with Crippen LogP contribution in [-0.4, -0.2) is 49.8 Å². The molecular weight excluding hydrogens is 226 g/mol. The molecule has 0 aromatic carbocycles. The molecule has 18 heavy (non-hydrogen) atoms. The zero-order valence-corrected chi connectivity index (χ0v) is 12.2. The third-order valence-electron chi connectivity index (χ3n) is 3.69. The van der Waals surface area contributed by atoms with Gasteiger partial charge in [-0.05, 0) is 53.1 Å². The maximum atomic E-state index is 9.27. The Bertz CT molecular complexity index is 285. The molecule has 0 radical (unpaired) electrons. The van der Waals surface area contributed by atoms with Crippen LogP contribution in [0.25, 0.3) is 0 Å². The Morgan fingerprint density at radius 1 is 1.56 bits per heavy atom. The molecule has 0 bridgehead atoms. The molecule has 0 aromatic heterocycles. The molecule has 2 atom stereocenters. The van der Waals surface area contributed by atoms with E-state index >= 15 is 0 Å². The van der Waals surface area contributed by atoms with E-state index in [1.54, 1.807) is 7.11 Å². The first-order valence-electron chi connectivity index (χ1n) is 6.89. The zero-order valence-electron chi connectivity index (χ0n) is 12.2. The van der Waals surface area contributed by atoms with Gasteiger partial charge in [-0.3, -0.25) is 5.32 Å². The van der Waals surface area contributed by atoms with Crippen molar-refractivity contribution >= 4 is 0 Å². The van der Waals surface area contributed by atoms with Gasteiger partial charge in [0.25, 0.3) is 0 Å². The largest absolute Gasteiger partial charge is 0.383 e. The van der Waals surface area contributed by atoms with E-state index in [0.29, 0.717) is 12.1 Å². The molecule has 0 saturated heterocycles. The molecule has 4 heteroatoms. The molecule has 104 valence electrons. The summed E-state index contributed by atoms with van der Waals surface area (Å²) in [6, 6.07) is 3.44. The summed E-state index contributed by atoms with van der Waals surface area (Å²) in [5.41, 5.74) is -0.355. The second-order valence-electron chi connectivity index (χ2n) is 5.75. The first-order valence-corrected chi connectivity index (χ1v) is 6.89. The maximum absolute atomic E-state index is 9.27. The average Bonchev–Trinajstić information content (AvgIpc) is 3.13. The van der Waals surface area contributed by atoms with Crippen molar-refractivity contribution in [1.29, 1.82) is 5.26 Å². The average molecular weight is 253 g/mol. The molecule has 4 nitrogen and oxygen atoms in total. The minimum absolute atomic E-state index is 0.355. The Morgan fingerprint density at radius 2 is 2.22 bits per heavy atom. The number of nitriles is 1. The highest BCUT2D eigenvalue weighted by atomic mass is 16.5. The minimum Gasteiger partial charge on any atom is -0.383 e. The summed E-state index contributed by atoms with van der Waals surface area (Å²) < 4.78 is 5.15. The maximum Gasteiger partial charge on any atom is 0.104 e. The predicted molar refractivity (Wildman–Crippen MR) is 73.4 cm³/mol. The molecule has 1 fully saturated rings. The van der Waals surface area contributed by atoms with Crippen molar-refractivity contribution in [1.82, 2.24) is 10.2 Å². The third kappa shape index (κ3) is 5.34. The zero-order chi connectivity index (χ0) is 13.6. The van der Waals surface area contributed by atoms with Gasteiger partial charge in [-0.15, -0.1) is 0 Å². The fourth-order valence-electron chi connectivity index (χ4n) is 2.11. The van der Waals surface area contributed by atoms with Crippen molar-refractivity contribution in [2.24, 2.45) is 0 Å². The first-order chi connectivity index (χ1) is 8.50. The van der Waals surface area contributed by atoms with E-state index in [0.717, 1.165) is 26.0 Å². The Balaban J connectivity index is 2.24. The first kappa shape index (κ1) is 15.4. The van der Waals surface area contributed by atoms with Gasteiger partial charge in [0.05, 0.1) is 12.7 Å². The van der Waals surface area contributed by atoms with E-state index in [1.807, 2.05) is 6.92 Å². The van der Waals surface area contributed by atoms with Crippen LogP contribution in [0, 0.1) is 11.3 Å². The molecule has 1 N–H and O–H groups in total. The number of nitrogens with one attached hydrogen (secondary N) is 1. The molecule has 1 aliphatic carbocycles. The lowest BCUT2D eigenvalue weighted by atomic mass is 9.97. The van der Waals surface area contributed by atoms with E-state index in [1.165, 1.54) is 12.8 Å². The predicted octanol–water partition coefficient (Wildman–Crippen LogP) is 1.77. The van der Waals surface area contributed by atoms with E-state index in [9.17, 15) is 5.26 Å². The summed E-state index contributed by atoms with van der Waals surface area (Å²) in [6.45, 7) is 5.94. The van der Waals surface area contributed by atoms with Crippen molar-refractivity contribution in [2.75, 3.05) is 27.3 Å². The van der Waals surface area contributed by atoms with Gasteiger partial charge in [0, 0.05) is 19.2 Å². The van der Waals surface area contributed by atoms with E-state index < -0.39 is 0 Å². The van der Waals surface area contributed by atoms with Crippen LogP contribution in [0.4, 0.5) is 0 Å². The van der Waals surface area contributed by atoms with Crippen LogP contribution >= 0.6 is 0 Å². The molecule has 1 rings (SSSR count). The fraction of sp³-hybridized carbons (Fsp3) is 0.929. The molecule has 0 aromatic rings. The number of hydrogen-bond acceptors (Lipinski definition) is 4. The molecule has 0 aliphatic heterocycles. The van der Waals surface area contributed by atoms with Gasteiger partial charge in [-0.1, -0.05) is 0 Å². The normalized spacial score (nSPS) is 20.4. The lowest BCUT2D eigenvalue weighted by molar-refractivity contribution is 0.113. The Morgan fingerprint density at radius 3 is 2.72 bits per heavy atom. The summed E-state index contributed by atoms with van der Waals surface area (Å²) in [5.74, 6) is 0. The highest BCUT2D eigenvalue weighted by Crippen LogP contribution is 2.24. The Hall–Kier alpha value is -0.630. The van der Waals surface area contributed by atoms with E-state index in [4.69, 9.17) is 4.74 Å². The second-order valence-corrected chi connectivity index (χ2v) is 5.75. The van der Waals surface area contributed by atoms with E-state index in [2.05, 4.69) is 30.3 Å². The molecular formula is C14H27N3O. The van der Waals surface area contributed by atoms with Gasteiger partial charge < -0.3 is 9.64 Å². The van der Waals surface area contributed by atoms with Crippen LogP contribution in [0.2, 0.25) is 0 Å². The van der Waals surface area contributed by atoms with Crippen LogP contribution in [0.5, 0.6) is 0 Å². The summed E-state index contributed by atoms with van der Waals surface area (Å²) in [4.78, 5) is 2.29. The standard InChI is InChI=1S/C14H27N3O/c1-12(10-18-4)17(3)9-5-8-14(2,11-15)16-13-6-7-13/h12-13,16H,5-10H2,1-4H3. The van der Waals surface area contributed by atoms with Gasteiger partial charge in [0.1, 0.15) is 5.54 Å². The van der Waals surface area contributed by atoms with Crippen LogP contribution in [0.15, 0.2) is 0 Å². The summed E-state index contributed by atoms with van der Waals surface area (Å²) in [5, 5.41) is 12.7. The van der Waals surface area contributed by atoms with Crippen molar-refractivity contribution in [3.8, 4) is 6.07 Å². The van der Waals surface area contributed by atoms with Crippen LogP contribution < -0.4 is 5.32 Å². The summed E-state index contributed by atoms with van der Waals surface area (Å²) in [6.07, 6.45) is 4.39. The highest BCUT2D eigenvalue weighted by molar-refractivity contribution is 5.07. The SMILES string of the molecule is COCC(C)N(C)CCCC(C)(C#N)NC1CC1. The number of methoxy groups -OCH3 is 1. The summed E-state index contributed by atoms with van der Waals surface area (Å²) in [7, 11) is 3.85. The number of nitrogens with zero attached hydrogens (tertiary/aromatic N) is 2. The second kappa shape index (κ2) is 7.08. The molecule has 2 unspecified atom stereocenters. The monoisotopic (exact) mass is 253 g/mol. The number of ether oxygens (including phenoxy) is 1. The Kier molecular flexibility index (Phi) is 6.07. The van der Waals surface area contributed by atoms with Gasteiger partial charge in [0.2, 0.25) is 0 Å². The van der Waals surface area contributed by atoms with Crippen molar-refractivity contribution < 1.29 is 4.74 Å². The molecule has 1 aliphatic rings. The van der Waals surface area contributed by atoms with Crippen LogP contribution in [-0.2, 0) is 4.74 Å². The number of rotatable bonds is 9. The quantitative estimate of drug-likeness (QED) is 0.680. The molecule has 0 heterocycles. The van der Waals surface area contributed by atoms with Gasteiger partial charge >= 0.3 is 0 Å². The number of likely N-dealkylation sites (N-methyl/N-ethyl adjacent to an activating group) is 1. The molecule has 0 amide bonds. The Labute approximate surface area is 111 Å². The van der Waals surface area contributed by atoms with Gasteiger partial charge in [0.15, 0.2) is 0 Å². The molecule has 0 spiro atoms. The minimum atomic E-state index is -0.355. The lowest BCUT2D eigenvalue weighted by Crippen LogP contribution is -2.43.